The molecule has 1 nitrogen and oxygen atoms in total. The summed E-state index contributed by atoms with van der Waals surface area (Å²) in [5, 5.41) is 1.05. The minimum atomic E-state index is 0.506. The van der Waals surface area contributed by atoms with E-state index in [-0.39, 0.29) is 0 Å². The predicted molar refractivity (Wildman–Crippen MR) is 73.9 cm³/mol. The lowest BCUT2D eigenvalue weighted by molar-refractivity contribution is 0.407. The molecule has 90 valence electrons. The third kappa shape index (κ3) is 3.24. The van der Waals surface area contributed by atoms with E-state index < -0.39 is 0 Å². The monoisotopic (exact) mass is 284 g/mol. The summed E-state index contributed by atoms with van der Waals surface area (Å²) < 4.78 is 5.39. The van der Waals surface area contributed by atoms with Crippen LogP contribution in [0.5, 0.6) is 5.75 Å². The van der Waals surface area contributed by atoms with Crippen LogP contribution in [0, 0.1) is 0 Å². The lowest BCUT2D eigenvalue weighted by Gasteiger charge is -2.16. The average Bonchev–Trinajstić information content (AvgIpc) is 2.28. The van der Waals surface area contributed by atoms with E-state index in [0.717, 1.165) is 11.1 Å². The minimum Gasteiger partial charge on any atom is -0.496 e. The van der Waals surface area contributed by atoms with Crippen LogP contribution in [0.15, 0.2) is 18.2 Å². The number of alkyl halides is 1. The highest BCUT2D eigenvalue weighted by molar-refractivity contribution is 9.09. The van der Waals surface area contributed by atoms with Gasteiger partial charge in [0.1, 0.15) is 5.75 Å². The van der Waals surface area contributed by atoms with Crippen LogP contribution in [0.1, 0.15) is 50.2 Å². The molecule has 0 fully saturated rings. The van der Waals surface area contributed by atoms with Gasteiger partial charge in [0.05, 0.1) is 7.11 Å². The molecular formula is C14H21BrO. The first-order chi connectivity index (χ1) is 7.60. The van der Waals surface area contributed by atoms with Crippen LogP contribution in [0.3, 0.4) is 0 Å². The van der Waals surface area contributed by atoms with E-state index in [4.69, 9.17) is 4.74 Å². The Kier molecular flexibility index (Phi) is 5.33. The molecule has 0 aromatic heterocycles. The molecule has 0 aliphatic rings. The van der Waals surface area contributed by atoms with Crippen LogP contribution in [0.4, 0.5) is 0 Å². The van der Waals surface area contributed by atoms with Gasteiger partial charge in [-0.25, -0.2) is 0 Å². The summed E-state index contributed by atoms with van der Waals surface area (Å²) in [6, 6.07) is 6.56. The van der Waals surface area contributed by atoms with Gasteiger partial charge in [0.25, 0.3) is 0 Å². The third-order valence-corrected chi connectivity index (χ3v) is 3.44. The van der Waals surface area contributed by atoms with Gasteiger partial charge in [0.2, 0.25) is 0 Å². The smallest absolute Gasteiger partial charge is 0.122 e. The number of hydrogen-bond donors (Lipinski definition) is 0. The molecule has 0 heterocycles. The Morgan fingerprint density at radius 2 is 1.94 bits per heavy atom. The molecule has 1 aromatic rings. The molecule has 0 saturated heterocycles. The van der Waals surface area contributed by atoms with Gasteiger partial charge in [0.15, 0.2) is 0 Å². The summed E-state index contributed by atoms with van der Waals surface area (Å²) in [5.74, 6) is 2.11. The van der Waals surface area contributed by atoms with Gasteiger partial charge >= 0.3 is 0 Å². The third-order valence-electron chi connectivity index (χ3n) is 2.99. The van der Waals surface area contributed by atoms with Gasteiger partial charge < -0.3 is 4.74 Å². The Bertz CT molecular complexity index is 334. The Hall–Kier alpha value is -0.500. The second kappa shape index (κ2) is 6.29. The van der Waals surface area contributed by atoms with Gasteiger partial charge in [-0.15, -0.1) is 0 Å². The molecule has 1 aromatic carbocycles. The summed E-state index contributed by atoms with van der Waals surface area (Å²) in [7, 11) is 1.74. The minimum absolute atomic E-state index is 0.506. The number of benzene rings is 1. The van der Waals surface area contributed by atoms with Gasteiger partial charge in [0, 0.05) is 5.33 Å². The molecule has 0 radical (unpaired) electrons. The molecule has 0 aliphatic carbocycles. The van der Waals surface area contributed by atoms with E-state index in [0.29, 0.717) is 11.8 Å². The van der Waals surface area contributed by atoms with E-state index in [1.54, 1.807) is 7.11 Å². The molecule has 0 amide bonds. The summed E-state index contributed by atoms with van der Waals surface area (Å²) in [6.45, 7) is 6.68. The highest BCUT2D eigenvalue weighted by Gasteiger charge is 2.11. The number of rotatable bonds is 5. The Balaban J connectivity index is 3.01. The second-order valence-corrected chi connectivity index (χ2v) is 5.33. The van der Waals surface area contributed by atoms with Gasteiger partial charge in [-0.05, 0) is 35.4 Å². The number of halogens is 1. The van der Waals surface area contributed by atoms with E-state index in [9.17, 15) is 0 Å². The zero-order chi connectivity index (χ0) is 12.1. The fourth-order valence-electron chi connectivity index (χ4n) is 1.84. The van der Waals surface area contributed by atoms with Crippen LogP contribution in [-0.2, 0) is 0 Å². The fourth-order valence-corrected chi connectivity index (χ4v) is 2.53. The SMILES string of the molecule is COc1ccc(C(C)CCBr)cc1C(C)C. The van der Waals surface area contributed by atoms with Crippen molar-refractivity contribution >= 4 is 15.9 Å². The molecule has 1 unspecified atom stereocenters. The quantitative estimate of drug-likeness (QED) is 0.712. The largest absolute Gasteiger partial charge is 0.496 e. The van der Waals surface area contributed by atoms with E-state index in [1.165, 1.54) is 17.5 Å². The lowest BCUT2D eigenvalue weighted by atomic mass is 9.93. The summed E-state index contributed by atoms with van der Waals surface area (Å²) in [4.78, 5) is 0. The Morgan fingerprint density at radius 1 is 1.25 bits per heavy atom. The zero-order valence-electron chi connectivity index (χ0n) is 10.6. The van der Waals surface area contributed by atoms with Crippen molar-refractivity contribution in [3.8, 4) is 5.75 Å². The molecular weight excluding hydrogens is 264 g/mol. The highest BCUT2D eigenvalue weighted by atomic mass is 79.9. The van der Waals surface area contributed by atoms with E-state index in [2.05, 4.69) is 54.9 Å². The van der Waals surface area contributed by atoms with Crippen LogP contribution in [-0.4, -0.2) is 12.4 Å². The van der Waals surface area contributed by atoms with E-state index in [1.807, 2.05) is 0 Å². The van der Waals surface area contributed by atoms with Crippen molar-refractivity contribution in [3.05, 3.63) is 29.3 Å². The summed E-state index contributed by atoms with van der Waals surface area (Å²) >= 11 is 3.50. The first-order valence-electron chi connectivity index (χ1n) is 5.84. The fraction of sp³-hybridized carbons (Fsp3) is 0.571. The van der Waals surface area contributed by atoms with Crippen molar-refractivity contribution in [2.75, 3.05) is 12.4 Å². The van der Waals surface area contributed by atoms with Crippen LogP contribution in [0.2, 0.25) is 0 Å². The van der Waals surface area contributed by atoms with Crippen molar-refractivity contribution < 1.29 is 4.74 Å². The van der Waals surface area contributed by atoms with Crippen LogP contribution in [0.25, 0.3) is 0 Å². The zero-order valence-corrected chi connectivity index (χ0v) is 12.2. The maximum Gasteiger partial charge on any atom is 0.122 e. The number of ether oxygens (including phenoxy) is 1. The van der Waals surface area contributed by atoms with Gasteiger partial charge in [-0.3, -0.25) is 0 Å². The molecule has 1 atom stereocenters. The van der Waals surface area contributed by atoms with Gasteiger partial charge in [-0.1, -0.05) is 48.8 Å². The summed E-state index contributed by atoms with van der Waals surface area (Å²) in [5.41, 5.74) is 2.71. The first-order valence-corrected chi connectivity index (χ1v) is 6.96. The molecule has 1 rings (SSSR count). The number of methoxy groups -OCH3 is 1. The van der Waals surface area contributed by atoms with Crippen molar-refractivity contribution in [2.24, 2.45) is 0 Å². The van der Waals surface area contributed by atoms with E-state index >= 15 is 0 Å². The molecule has 0 aliphatic heterocycles. The Morgan fingerprint density at radius 3 is 2.44 bits per heavy atom. The molecule has 0 bridgehead atoms. The highest BCUT2D eigenvalue weighted by Crippen LogP contribution is 2.30. The van der Waals surface area contributed by atoms with Crippen molar-refractivity contribution in [3.63, 3.8) is 0 Å². The molecule has 2 heteroatoms. The maximum absolute atomic E-state index is 5.39. The molecule has 0 spiro atoms. The van der Waals surface area contributed by atoms with Crippen molar-refractivity contribution in [1.82, 2.24) is 0 Å². The standard InChI is InChI=1S/C14H21BrO/c1-10(2)13-9-12(11(3)7-8-15)5-6-14(13)16-4/h5-6,9-11H,7-8H2,1-4H3. The molecule has 16 heavy (non-hydrogen) atoms. The van der Waals surface area contributed by atoms with Gasteiger partial charge in [-0.2, -0.15) is 0 Å². The number of hydrogen-bond acceptors (Lipinski definition) is 1. The normalized spacial score (nSPS) is 12.9. The Labute approximate surface area is 107 Å². The van der Waals surface area contributed by atoms with Crippen LogP contribution >= 0.6 is 15.9 Å². The second-order valence-electron chi connectivity index (χ2n) is 4.53. The summed E-state index contributed by atoms with van der Waals surface area (Å²) in [6.07, 6.45) is 1.17. The first kappa shape index (κ1) is 13.6. The predicted octanol–water partition coefficient (Wildman–Crippen LogP) is 4.71. The van der Waals surface area contributed by atoms with Crippen molar-refractivity contribution in [1.29, 1.82) is 0 Å². The maximum atomic E-state index is 5.39. The van der Waals surface area contributed by atoms with Crippen molar-refractivity contribution in [2.45, 2.75) is 39.0 Å². The topological polar surface area (TPSA) is 9.23 Å². The molecule has 0 N–H and O–H groups in total. The lowest BCUT2D eigenvalue weighted by Crippen LogP contribution is -1.99. The average molecular weight is 285 g/mol. The van der Waals surface area contributed by atoms with Crippen LogP contribution < -0.4 is 4.74 Å². The molecule has 0 saturated carbocycles.